The van der Waals surface area contributed by atoms with E-state index >= 15 is 0 Å². The van der Waals surface area contributed by atoms with Crippen molar-refractivity contribution in [2.24, 2.45) is 0 Å². The van der Waals surface area contributed by atoms with Gasteiger partial charge in [-0.3, -0.25) is 0 Å². The van der Waals surface area contributed by atoms with Gasteiger partial charge in [0.25, 0.3) is 0 Å². The van der Waals surface area contributed by atoms with Gasteiger partial charge in [0.2, 0.25) is 0 Å². The van der Waals surface area contributed by atoms with E-state index in [4.69, 9.17) is 9.47 Å². The van der Waals surface area contributed by atoms with Gasteiger partial charge < -0.3 is 19.9 Å². The predicted octanol–water partition coefficient (Wildman–Crippen LogP) is 3.16. The van der Waals surface area contributed by atoms with E-state index < -0.39 is 0 Å². The number of ether oxygens (including phenoxy) is 2. The van der Waals surface area contributed by atoms with E-state index in [1.54, 1.807) is 14.2 Å². The summed E-state index contributed by atoms with van der Waals surface area (Å²) in [7, 11) is 3.22. The Labute approximate surface area is 125 Å². The normalized spacial score (nSPS) is 11.8. The molecule has 0 radical (unpaired) electrons. The maximum absolute atomic E-state index is 9.69. The lowest BCUT2D eigenvalue weighted by Gasteiger charge is -2.20. The van der Waals surface area contributed by atoms with Crippen LogP contribution < -0.4 is 14.8 Å². The lowest BCUT2D eigenvalue weighted by molar-refractivity contribution is 0.275. The Morgan fingerprint density at radius 3 is 2.24 bits per heavy atom. The van der Waals surface area contributed by atoms with Gasteiger partial charge in [-0.05, 0) is 42.3 Å². The van der Waals surface area contributed by atoms with Crippen molar-refractivity contribution in [1.29, 1.82) is 0 Å². The van der Waals surface area contributed by atoms with Crippen LogP contribution in [0.1, 0.15) is 17.2 Å². The second-order valence-corrected chi connectivity index (χ2v) is 4.89. The van der Waals surface area contributed by atoms with Crippen molar-refractivity contribution in [2.45, 2.75) is 13.0 Å². The molecule has 0 amide bonds. The molecular formula is C17H21NO3. The van der Waals surface area contributed by atoms with Gasteiger partial charge in [-0.25, -0.2) is 0 Å². The molecule has 0 aliphatic carbocycles. The summed E-state index contributed by atoms with van der Waals surface area (Å²) in [5.74, 6) is 1.41. The molecule has 112 valence electrons. The first-order chi connectivity index (χ1) is 10.2. The Hall–Kier alpha value is -2.20. The third-order valence-corrected chi connectivity index (χ3v) is 3.32. The fraction of sp³-hybridized carbons (Fsp3) is 0.294. The van der Waals surface area contributed by atoms with Crippen LogP contribution >= 0.6 is 0 Å². The zero-order valence-corrected chi connectivity index (χ0v) is 12.6. The summed E-state index contributed by atoms with van der Waals surface area (Å²) < 4.78 is 10.5. The Morgan fingerprint density at radius 1 is 1.05 bits per heavy atom. The molecule has 2 aromatic carbocycles. The Morgan fingerprint density at radius 2 is 1.71 bits per heavy atom. The number of benzene rings is 2. The van der Waals surface area contributed by atoms with Crippen LogP contribution in [0.25, 0.3) is 0 Å². The molecular weight excluding hydrogens is 266 g/mol. The minimum absolute atomic E-state index is 0.0235. The van der Waals surface area contributed by atoms with Crippen LogP contribution in [0.2, 0.25) is 0 Å². The molecule has 0 heterocycles. The summed E-state index contributed by atoms with van der Waals surface area (Å²) in [5, 5.41) is 13.0. The summed E-state index contributed by atoms with van der Waals surface area (Å²) in [6.45, 7) is 2.01. The first kappa shape index (κ1) is 15.2. The molecule has 0 fully saturated rings. The van der Waals surface area contributed by atoms with Gasteiger partial charge in [0, 0.05) is 11.8 Å². The largest absolute Gasteiger partial charge is 0.497 e. The maximum Gasteiger partial charge on any atom is 0.122 e. The van der Waals surface area contributed by atoms with Crippen molar-refractivity contribution >= 4 is 5.69 Å². The van der Waals surface area contributed by atoms with Crippen LogP contribution in [0.4, 0.5) is 5.69 Å². The minimum atomic E-state index is -0.226. The lowest BCUT2D eigenvalue weighted by atomic mass is 10.1. The van der Waals surface area contributed by atoms with Crippen LogP contribution in [-0.2, 0) is 0 Å². The average Bonchev–Trinajstić information content (AvgIpc) is 2.52. The molecule has 0 spiro atoms. The van der Waals surface area contributed by atoms with Crippen molar-refractivity contribution < 1.29 is 14.6 Å². The van der Waals surface area contributed by atoms with E-state index in [2.05, 4.69) is 5.32 Å². The number of nitrogens with one attached hydrogen (secondary N) is 1. The quantitative estimate of drug-likeness (QED) is 0.857. The smallest absolute Gasteiger partial charge is 0.122 e. The number of aliphatic hydroxyl groups excluding tert-OH is 1. The molecule has 0 saturated heterocycles. The Bertz CT molecular complexity index is 576. The van der Waals surface area contributed by atoms with E-state index in [0.717, 1.165) is 11.3 Å². The summed E-state index contributed by atoms with van der Waals surface area (Å²) in [5.41, 5.74) is 3.05. The highest BCUT2D eigenvalue weighted by atomic mass is 16.5. The van der Waals surface area contributed by atoms with Crippen molar-refractivity contribution in [3.05, 3.63) is 53.6 Å². The highest BCUT2D eigenvalue weighted by molar-refractivity contribution is 5.49. The van der Waals surface area contributed by atoms with Gasteiger partial charge in [0.05, 0.1) is 26.9 Å². The van der Waals surface area contributed by atoms with Gasteiger partial charge in [0.1, 0.15) is 11.5 Å². The molecule has 0 aromatic heterocycles. The third-order valence-electron chi connectivity index (χ3n) is 3.32. The van der Waals surface area contributed by atoms with Crippen molar-refractivity contribution in [2.75, 3.05) is 26.1 Å². The highest BCUT2D eigenvalue weighted by Gasteiger charge is 2.13. The van der Waals surface area contributed by atoms with E-state index in [1.807, 2.05) is 49.4 Å². The number of aliphatic hydroxyl groups is 1. The number of methoxy groups -OCH3 is 2. The van der Waals surface area contributed by atoms with Crippen molar-refractivity contribution in [3.8, 4) is 11.5 Å². The van der Waals surface area contributed by atoms with Crippen LogP contribution in [0.15, 0.2) is 42.5 Å². The number of hydrogen-bond acceptors (Lipinski definition) is 4. The zero-order valence-electron chi connectivity index (χ0n) is 12.6. The van der Waals surface area contributed by atoms with E-state index in [-0.39, 0.29) is 12.6 Å². The van der Waals surface area contributed by atoms with Crippen LogP contribution in [0.5, 0.6) is 11.5 Å². The Kier molecular flexibility index (Phi) is 5.06. The molecule has 2 N–H and O–H groups in total. The molecule has 2 aromatic rings. The van der Waals surface area contributed by atoms with E-state index in [1.165, 1.54) is 5.56 Å². The minimum Gasteiger partial charge on any atom is -0.497 e. The van der Waals surface area contributed by atoms with Crippen LogP contribution in [0.3, 0.4) is 0 Å². The molecule has 2 rings (SSSR count). The molecule has 21 heavy (non-hydrogen) atoms. The third kappa shape index (κ3) is 3.89. The lowest BCUT2D eigenvalue weighted by Crippen LogP contribution is -2.15. The molecule has 0 aliphatic heterocycles. The number of aryl methyl sites for hydroxylation is 1. The second-order valence-electron chi connectivity index (χ2n) is 4.89. The fourth-order valence-corrected chi connectivity index (χ4v) is 2.20. The Balaban J connectivity index is 2.28. The fourth-order valence-electron chi connectivity index (χ4n) is 2.20. The number of hydrogen-bond donors (Lipinski definition) is 2. The van der Waals surface area contributed by atoms with Gasteiger partial charge in [-0.2, -0.15) is 0 Å². The molecule has 0 saturated carbocycles. The highest BCUT2D eigenvalue weighted by Crippen LogP contribution is 2.28. The average molecular weight is 287 g/mol. The van der Waals surface area contributed by atoms with Crippen LogP contribution in [-0.4, -0.2) is 25.9 Å². The molecule has 4 heteroatoms. The first-order valence-electron chi connectivity index (χ1n) is 6.83. The maximum atomic E-state index is 9.69. The van der Waals surface area contributed by atoms with E-state index in [0.29, 0.717) is 11.5 Å². The van der Waals surface area contributed by atoms with Gasteiger partial charge in [0.15, 0.2) is 0 Å². The topological polar surface area (TPSA) is 50.7 Å². The molecule has 1 atom stereocenters. The number of rotatable bonds is 6. The van der Waals surface area contributed by atoms with Gasteiger partial charge in [-0.1, -0.05) is 12.1 Å². The van der Waals surface area contributed by atoms with Crippen molar-refractivity contribution in [1.82, 2.24) is 0 Å². The first-order valence-corrected chi connectivity index (χ1v) is 6.83. The second kappa shape index (κ2) is 6.99. The van der Waals surface area contributed by atoms with Crippen LogP contribution in [0, 0.1) is 6.92 Å². The zero-order chi connectivity index (χ0) is 15.2. The molecule has 0 bridgehead atoms. The SMILES string of the molecule is COc1cc(OC)cc(C(CO)Nc2cccc(C)c2)c1. The standard InChI is InChI=1S/C17H21NO3/c1-12-5-4-6-14(7-12)18-17(11-19)13-8-15(20-2)10-16(9-13)21-3/h4-10,17-19H,11H2,1-3H3. The van der Waals surface area contributed by atoms with Gasteiger partial charge in [-0.15, -0.1) is 0 Å². The van der Waals surface area contributed by atoms with Gasteiger partial charge >= 0.3 is 0 Å². The summed E-state index contributed by atoms with van der Waals surface area (Å²) in [4.78, 5) is 0. The number of anilines is 1. The molecule has 4 nitrogen and oxygen atoms in total. The summed E-state index contributed by atoms with van der Waals surface area (Å²) in [6, 6.07) is 13.4. The molecule has 0 aliphatic rings. The summed E-state index contributed by atoms with van der Waals surface area (Å²) in [6.07, 6.45) is 0. The molecule has 1 unspecified atom stereocenters. The summed E-state index contributed by atoms with van der Waals surface area (Å²) >= 11 is 0. The van der Waals surface area contributed by atoms with Crippen molar-refractivity contribution in [3.63, 3.8) is 0 Å². The predicted molar refractivity (Wildman–Crippen MR) is 84.2 cm³/mol. The monoisotopic (exact) mass is 287 g/mol. The van der Waals surface area contributed by atoms with E-state index in [9.17, 15) is 5.11 Å².